The van der Waals surface area contributed by atoms with Gasteiger partial charge < -0.3 is 4.74 Å². The molecule has 0 aliphatic carbocycles. The first kappa shape index (κ1) is 34.5. The molecule has 6 atom stereocenters. The average molecular weight is 495 g/mol. The van der Waals surface area contributed by atoms with Crippen LogP contribution in [0.1, 0.15) is 148 Å². The molecule has 2 heteroatoms. The highest BCUT2D eigenvalue weighted by atomic mass is 16.5. The van der Waals surface area contributed by atoms with Crippen LogP contribution in [0.15, 0.2) is 0 Å². The Kier molecular flexibility index (Phi) is 14.8. The first-order chi connectivity index (χ1) is 15.7. The maximum Gasteiger partial charge on any atom is 0.309 e. The zero-order chi connectivity index (χ0) is 27.6. The van der Waals surface area contributed by atoms with Crippen molar-refractivity contribution >= 4 is 5.97 Å². The molecule has 0 heterocycles. The van der Waals surface area contributed by atoms with Crippen molar-refractivity contribution in [2.45, 2.75) is 148 Å². The summed E-state index contributed by atoms with van der Waals surface area (Å²) < 4.78 is 6.15. The summed E-state index contributed by atoms with van der Waals surface area (Å²) in [5.41, 5.74) is 1.000. The lowest BCUT2D eigenvalue weighted by molar-refractivity contribution is -0.153. The summed E-state index contributed by atoms with van der Waals surface area (Å²) in [7, 11) is 0. The van der Waals surface area contributed by atoms with Crippen molar-refractivity contribution in [3.05, 3.63) is 0 Å². The van der Waals surface area contributed by atoms with E-state index in [9.17, 15) is 4.79 Å². The van der Waals surface area contributed by atoms with Crippen LogP contribution in [-0.2, 0) is 9.53 Å². The maximum absolute atomic E-state index is 13.4. The minimum atomic E-state index is 0.0285. The van der Waals surface area contributed by atoms with E-state index in [1.807, 2.05) is 0 Å². The van der Waals surface area contributed by atoms with Crippen LogP contribution >= 0.6 is 0 Å². The summed E-state index contributed by atoms with van der Waals surface area (Å²) in [6.45, 7) is 33.0. The van der Waals surface area contributed by atoms with Gasteiger partial charge in [-0.25, -0.2) is 0 Å². The number of rotatable bonds is 15. The molecule has 0 aliphatic heterocycles. The Morgan fingerprint density at radius 2 is 1.06 bits per heavy atom. The fourth-order valence-electron chi connectivity index (χ4n) is 6.14. The van der Waals surface area contributed by atoms with Crippen molar-refractivity contribution in [1.82, 2.24) is 0 Å². The van der Waals surface area contributed by atoms with Gasteiger partial charge in [0.15, 0.2) is 0 Å². The normalized spacial score (nSPS) is 18.5. The number of ether oxygens (including phenoxy) is 1. The van der Waals surface area contributed by atoms with Gasteiger partial charge in [-0.1, -0.05) is 110 Å². The molecular weight excluding hydrogens is 428 g/mol. The Bertz CT molecular complexity index is 571. The fourth-order valence-corrected chi connectivity index (χ4v) is 6.14. The van der Waals surface area contributed by atoms with Gasteiger partial charge in [-0.15, -0.1) is 0 Å². The smallest absolute Gasteiger partial charge is 0.309 e. The number of carbonyl (C=O) groups is 1. The summed E-state index contributed by atoms with van der Waals surface area (Å²) in [6.07, 6.45) is 9.07. The van der Waals surface area contributed by atoms with Crippen molar-refractivity contribution in [3.63, 3.8) is 0 Å². The molecule has 0 radical (unpaired) electrons. The second kappa shape index (κ2) is 15.0. The molecule has 35 heavy (non-hydrogen) atoms. The molecule has 0 saturated heterocycles. The van der Waals surface area contributed by atoms with E-state index in [-0.39, 0.29) is 11.9 Å². The minimum absolute atomic E-state index is 0.0285. The number of hydrogen-bond acceptors (Lipinski definition) is 2. The van der Waals surface area contributed by atoms with Crippen LogP contribution in [0.4, 0.5) is 0 Å². The van der Waals surface area contributed by atoms with E-state index in [1.165, 1.54) is 25.7 Å². The lowest BCUT2D eigenvalue weighted by Gasteiger charge is -2.32. The van der Waals surface area contributed by atoms with Crippen molar-refractivity contribution < 1.29 is 9.53 Å². The van der Waals surface area contributed by atoms with Gasteiger partial charge in [-0.3, -0.25) is 4.79 Å². The number of carbonyl (C=O) groups excluding carboxylic acids is 1. The summed E-state index contributed by atoms with van der Waals surface area (Å²) in [5, 5.41) is 0. The molecular formula is C33H66O2. The first-order valence-electron chi connectivity index (χ1n) is 14.9. The first-order valence-corrected chi connectivity index (χ1v) is 14.9. The Hall–Kier alpha value is -0.530. The van der Waals surface area contributed by atoms with Crippen LogP contribution in [0.3, 0.4) is 0 Å². The second-order valence-corrected chi connectivity index (χ2v) is 16.0. The molecule has 0 bridgehead atoms. The molecule has 6 unspecified atom stereocenters. The third kappa shape index (κ3) is 17.5. The van der Waals surface area contributed by atoms with E-state index in [1.54, 1.807) is 0 Å². The van der Waals surface area contributed by atoms with Crippen LogP contribution in [0.5, 0.6) is 0 Å². The zero-order valence-corrected chi connectivity index (χ0v) is 26.6. The van der Waals surface area contributed by atoms with Gasteiger partial charge in [0, 0.05) is 0 Å². The predicted octanol–water partition coefficient (Wildman–Crippen LogP) is 10.6. The molecule has 0 amide bonds. The van der Waals surface area contributed by atoms with E-state index in [0.29, 0.717) is 52.4 Å². The maximum atomic E-state index is 13.4. The molecule has 0 aromatic carbocycles. The highest BCUT2D eigenvalue weighted by molar-refractivity contribution is 5.72. The topological polar surface area (TPSA) is 26.3 Å². The average Bonchev–Trinajstić information content (AvgIpc) is 2.63. The van der Waals surface area contributed by atoms with Crippen LogP contribution in [0.2, 0.25) is 0 Å². The Labute approximate surface area is 222 Å². The van der Waals surface area contributed by atoms with E-state index in [2.05, 4.69) is 96.9 Å². The van der Waals surface area contributed by atoms with Crippen LogP contribution in [-0.4, -0.2) is 12.6 Å². The summed E-state index contributed by atoms with van der Waals surface area (Å²) in [5.74, 6) is 2.79. The van der Waals surface area contributed by atoms with Gasteiger partial charge in [-0.05, 0) is 84.4 Å². The summed E-state index contributed by atoms with van der Waals surface area (Å²) >= 11 is 0. The molecule has 0 aromatic heterocycles. The van der Waals surface area contributed by atoms with E-state index < -0.39 is 0 Å². The SMILES string of the molecule is CCC(C)C(CCC(C)CC(C)(C)C)C(=O)OCC(CCC(C)CC(C)(C)C)C(C)CC(C)(C)C. The molecule has 0 N–H and O–H groups in total. The van der Waals surface area contributed by atoms with Gasteiger partial charge in [0.1, 0.15) is 0 Å². The molecule has 0 aromatic rings. The van der Waals surface area contributed by atoms with Gasteiger partial charge in [0.2, 0.25) is 0 Å². The third-order valence-corrected chi connectivity index (χ3v) is 7.73. The molecule has 0 saturated carbocycles. The number of hydrogen-bond donors (Lipinski definition) is 0. The monoisotopic (exact) mass is 495 g/mol. The summed E-state index contributed by atoms with van der Waals surface area (Å²) in [6, 6.07) is 0. The Morgan fingerprint density at radius 3 is 1.46 bits per heavy atom. The van der Waals surface area contributed by atoms with Gasteiger partial charge >= 0.3 is 5.97 Å². The van der Waals surface area contributed by atoms with E-state index in [4.69, 9.17) is 4.74 Å². The fraction of sp³-hybridized carbons (Fsp3) is 0.970. The molecule has 0 rings (SSSR count). The molecule has 0 spiro atoms. The van der Waals surface area contributed by atoms with Gasteiger partial charge in [-0.2, -0.15) is 0 Å². The van der Waals surface area contributed by atoms with Gasteiger partial charge in [0.25, 0.3) is 0 Å². The van der Waals surface area contributed by atoms with E-state index in [0.717, 1.165) is 25.7 Å². The standard InChI is InChI=1S/C33H66O2/c1-15-26(4)29(19-17-25(3)21-32(9,10)11)30(34)35-23-28(27(5)22-33(12,13)14)18-16-24(2)20-31(6,7)8/h24-29H,15-23H2,1-14H3. The highest BCUT2D eigenvalue weighted by Gasteiger charge is 2.30. The highest BCUT2D eigenvalue weighted by Crippen LogP contribution is 2.35. The lowest BCUT2D eigenvalue weighted by atomic mass is 9.76. The molecule has 0 fully saturated rings. The van der Waals surface area contributed by atoms with Crippen molar-refractivity contribution in [1.29, 1.82) is 0 Å². The zero-order valence-electron chi connectivity index (χ0n) is 26.6. The molecule has 0 aliphatic rings. The molecule has 2 nitrogen and oxygen atoms in total. The third-order valence-electron chi connectivity index (χ3n) is 7.73. The van der Waals surface area contributed by atoms with Crippen molar-refractivity contribution in [2.24, 2.45) is 51.8 Å². The van der Waals surface area contributed by atoms with Gasteiger partial charge in [0.05, 0.1) is 12.5 Å². The quantitative estimate of drug-likeness (QED) is 0.212. The Balaban J connectivity index is 5.22. The van der Waals surface area contributed by atoms with Crippen molar-refractivity contribution in [2.75, 3.05) is 6.61 Å². The van der Waals surface area contributed by atoms with Crippen LogP contribution < -0.4 is 0 Å². The van der Waals surface area contributed by atoms with Crippen LogP contribution in [0.25, 0.3) is 0 Å². The van der Waals surface area contributed by atoms with Crippen molar-refractivity contribution in [3.8, 4) is 0 Å². The van der Waals surface area contributed by atoms with E-state index >= 15 is 0 Å². The largest absolute Gasteiger partial charge is 0.465 e. The minimum Gasteiger partial charge on any atom is -0.465 e. The predicted molar refractivity (Wildman–Crippen MR) is 156 cm³/mol. The summed E-state index contributed by atoms with van der Waals surface area (Å²) in [4.78, 5) is 13.4. The Morgan fingerprint density at radius 1 is 0.629 bits per heavy atom. The lowest BCUT2D eigenvalue weighted by Crippen LogP contribution is -2.29. The molecule has 210 valence electrons. The number of esters is 1. The second-order valence-electron chi connectivity index (χ2n) is 16.0. The van der Waals surface area contributed by atoms with Crippen LogP contribution in [0, 0.1) is 51.8 Å².